The number of hydrogen-bond acceptors (Lipinski definition) is 1. The maximum atomic E-state index is 12.5. The van der Waals surface area contributed by atoms with E-state index >= 15 is 0 Å². The molecule has 20 heavy (non-hydrogen) atoms. The summed E-state index contributed by atoms with van der Waals surface area (Å²) in [7, 11) is 0. The largest absolute Gasteiger partial charge is 0.272 e. The first-order chi connectivity index (χ1) is 9.63. The second-order valence-electron chi connectivity index (χ2n) is 5.05. The summed E-state index contributed by atoms with van der Waals surface area (Å²) in [6.07, 6.45) is 0. The second kappa shape index (κ2) is 6.33. The predicted octanol–water partition coefficient (Wildman–Crippen LogP) is 3.76. The quantitative estimate of drug-likeness (QED) is 0.843. The Hall–Kier alpha value is -2.16. The Kier molecular flexibility index (Phi) is 4.51. The molecule has 2 aromatic carbocycles. The maximum absolute atomic E-state index is 12.5. The molecule has 0 aromatic heterocycles. The number of nitrogens with one attached hydrogen (secondary N) is 1. The zero-order chi connectivity index (χ0) is 14.5. The van der Waals surface area contributed by atoms with Crippen LogP contribution in [-0.4, -0.2) is 5.91 Å². The summed E-state index contributed by atoms with van der Waals surface area (Å²) < 4.78 is 12.5. The van der Waals surface area contributed by atoms with E-state index in [0.717, 1.165) is 16.7 Å². The van der Waals surface area contributed by atoms with Crippen LogP contribution in [0, 0.1) is 12.8 Å². The van der Waals surface area contributed by atoms with Gasteiger partial charge in [-0.1, -0.05) is 67.1 Å². The second-order valence-corrected chi connectivity index (χ2v) is 5.05. The molecule has 0 spiro atoms. The van der Waals surface area contributed by atoms with Gasteiger partial charge in [0.1, 0.15) is 0 Å². The van der Waals surface area contributed by atoms with E-state index in [1.165, 1.54) is 5.54 Å². The van der Waals surface area contributed by atoms with Crippen molar-refractivity contribution < 1.29 is 9.28 Å². The molecule has 2 rings (SSSR count). The van der Waals surface area contributed by atoms with Crippen LogP contribution < -0.4 is 5.54 Å². The summed E-state index contributed by atoms with van der Waals surface area (Å²) in [6.45, 7) is 3.76. The molecule has 0 saturated carbocycles. The maximum Gasteiger partial charge on any atom is 0.251 e. The molecule has 2 unspecified atom stereocenters. The minimum absolute atomic E-state index is 0.160. The number of aryl methyl sites for hydroxylation is 1. The van der Waals surface area contributed by atoms with E-state index < -0.39 is 11.8 Å². The van der Waals surface area contributed by atoms with Crippen molar-refractivity contribution >= 4 is 5.91 Å². The highest BCUT2D eigenvalue weighted by atomic mass is 19.2. The Morgan fingerprint density at radius 3 is 2.10 bits per heavy atom. The highest BCUT2D eigenvalue weighted by Gasteiger charge is 2.27. The van der Waals surface area contributed by atoms with Crippen molar-refractivity contribution in [2.24, 2.45) is 5.92 Å². The number of halogens is 1. The predicted molar refractivity (Wildman–Crippen MR) is 77.9 cm³/mol. The van der Waals surface area contributed by atoms with Gasteiger partial charge < -0.3 is 0 Å². The molecule has 1 N–H and O–H groups in total. The fourth-order valence-electron chi connectivity index (χ4n) is 2.44. The van der Waals surface area contributed by atoms with Crippen LogP contribution in [0.3, 0.4) is 0 Å². The Labute approximate surface area is 118 Å². The SMILES string of the molecule is Cc1ccc(C(c2ccccc2)C(C)C(=O)NF)cc1. The third kappa shape index (κ3) is 3.05. The van der Waals surface area contributed by atoms with E-state index in [4.69, 9.17) is 0 Å². The average Bonchev–Trinajstić information content (AvgIpc) is 2.49. The minimum Gasteiger partial charge on any atom is -0.272 e. The van der Waals surface area contributed by atoms with Gasteiger partial charge in [-0.2, -0.15) is 5.54 Å². The van der Waals surface area contributed by atoms with Crippen LogP contribution in [0.2, 0.25) is 0 Å². The Balaban J connectivity index is 2.44. The molecule has 0 heterocycles. The molecular formula is C17H18FNO. The van der Waals surface area contributed by atoms with Gasteiger partial charge in [0.05, 0.1) is 0 Å². The van der Waals surface area contributed by atoms with E-state index in [0.29, 0.717) is 0 Å². The van der Waals surface area contributed by atoms with Crippen LogP contribution >= 0.6 is 0 Å². The topological polar surface area (TPSA) is 29.1 Å². The van der Waals surface area contributed by atoms with E-state index in [1.54, 1.807) is 6.92 Å². The van der Waals surface area contributed by atoms with Crippen LogP contribution in [0.4, 0.5) is 4.48 Å². The average molecular weight is 271 g/mol. The third-order valence-corrected chi connectivity index (χ3v) is 3.60. The summed E-state index contributed by atoms with van der Waals surface area (Å²) >= 11 is 0. The molecular weight excluding hydrogens is 253 g/mol. The molecule has 1 amide bonds. The van der Waals surface area contributed by atoms with E-state index in [-0.39, 0.29) is 5.92 Å². The zero-order valence-electron chi connectivity index (χ0n) is 11.6. The fourth-order valence-corrected chi connectivity index (χ4v) is 2.44. The summed E-state index contributed by atoms with van der Waals surface area (Å²) in [6, 6.07) is 17.7. The lowest BCUT2D eigenvalue weighted by molar-refractivity contribution is -0.129. The van der Waals surface area contributed by atoms with Gasteiger partial charge in [-0.05, 0) is 18.1 Å². The Morgan fingerprint density at radius 2 is 1.55 bits per heavy atom. The van der Waals surface area contributed by atoms with Gasteiger partial charge in [0.2, 0.25) is 0 Å². The molecule has 0 saturated heterocycles. The molecule has 0 bridgehead atoms. The number of carbonyl (C=O) groups is 1. The number of rotatable bonds is 4. The standard InChI is InChI=1S/C17H18FNO/c1-12-8-10-15(11-9-12)16(13(2)17(20)19-18)14-6-4-3-5-7-14/h3-11,13,16H,1-2H3,(H,19,20). The van der Waals surface area contributed by atoms with Crippen molar-refractivity contribution in [3.8, 4) is 0 Å². The van der Waals surface area contributed by atoms with Crippen molar-refractivity contribution in [3.63, 3.8) is 0 Å². The number of hydrogen-bond donors (Lipinski definition) is 1. The van der Waals surface area contributed by atoms with Gasteiger partial charge in [0.25, 0.3) is 5.91 Å². The minimum atomic E-state index is -0.598. The normalized spacial score (nSPS) is 13.6. The van der Waals surface area contributed by atoms with Crippen LogP contribution in [0.5, 0.6) is 0 Å². The molecule has 0 fully saturated rings. The lowest BCUT2D eigenvalue weighted by atomic mass is 9.81. The van der Waals surface area contributed by atoms with Crippen LogP contribution in [0.15, 0.2) is 54.6 Å². The summed E-state index contributed by atoms with van der Waals surface area (Å²) in [5.74, 6) is -1.24. The van der Waals surface area contributed by atoms with Crippen molar-refractivity contribution in [1.29, 1.82) is 0 Å². The molecule has 0 aliphatic carbocycles. The smallest absolute Gasteiger partial charge is 0.251 e. The van der Waals surface area contributed by atoms with Gasteiger partial charge in [-0.25, -0.2) is 0 Å². The monoisotopic (exact) mass is 271 g/mol. The molecule has 0 aliphatic heterocycles. The summed E-state index contributed by atoms with van der Waals surface area (Å²) in [5.41, 5.74) is 4.43. The molecule has 2 aromatic rings. The first-order valence-corrected chi connectivity index (χ1v) is 6.65. The van der Waals surface area contributed by atoms with Gasteiger partial charge in [-0.3, -0.25) is 4.79 Å². The molecule has 2 atom stereocenters. The van der Waals surface area contributed by atoms with Crippen LogP contribution in [-0.2, 0) is 4.79 Å². The van der Waals surface area contributed by atoms with E-state index in [2.05, 4.69) is 0 Å². The van der Waals surface area contributed by atoms with Crippen LogP contribution in [0.1, 0.15) is 29.5 Å². The first kappa shape index (κ1) is 14.3. The molecule has 0 radical (unpaired) electrons. The van der Waals surface area contributed by atoms with E-state index in [9.17, 15) is 9.28 Å². The summed E-state index contributed by atoms with van der Waals surface area (Å²) in [4.78, 5) is 11.7. The lowest BCUT2D eigenvalue weighted by Gasteiger charge is -2.23. The highest BCUT2D eigenvalue weighted by Crippen LogP contribution is 2.32. The van der Waals surface area contributed by atoms with Gasteiger partial charge >= 0.3 is 0 Å². The highest BCUT2D eigenvalue weighted by molar-refractivity contribution is 5.79. The van der Waals surface area contributed by atoms with Crippen molar-refractivity contribution in [2.75, 3.05) is 0 Å². The molecule has 0 aliphatic rings. The number of amides is 1. The zero-order valence-corrected chi connectivity index (χ0v) is 11.6. The van der Waals surface area contributed by atoms with Gasteiger partial charge in [0, 0.05) is 11.8 Å². The molecule has 2 nitrogen and oxygen atoms in total. The van der Waals surface area contributed by atoms with Gasteiger partial charge in [-0.15, -0.1) is 4.48 Å². The molecule has 104 valence electrons. The van der Waals surface area contributed by atoms with Crippen molar-refractivity contribution in [1.82, 2.24) is 5.54 Å². The Bertz CT molecular complexity index is 565. The van der Waals surface area contributed by atoms with Crippen molar-refractivity contribution in [3.05, 3.63) is 71.3 Å². The molecule has 3 heteroatoms. The fraction of sp³-hybridized carbons (Fsp3) is 0.235. The van der Waals surface area contributed by atoms with Crippen LogP contribution in [0.25, 0.3) is 0 Å². The number of benzene rings is 2. The third-order valence-electron chi connectivity index (χ3n) is 3.60. The van der Waals surface area contributed by atoms with Gasteiger partial charge in [0.15, 0.2) is 0 Å². The van der Waals surface area contributed by atoms with Crippen molar-refractivity contribution in [2.45, 2.75) is 19.8 Å². The summed E-state index contributed by atoms with van der Waals surface area (Å²) in [5, 5.41) is 0. The lowest BCUT2D eigenvalue weighted by Crippen LogP contribution is -2.28. The Morgan fingerprint density at radius 1 is 1.00 bits per heavy atom. The first-order valence-electron chi connectivity index (χ1n) is 6.65. The number of carbonyl (C=O) groups excluding carboxylic acids is 1. The van der Waals surface area contributed by atoms with E-state index in [1.807, 2.05) is 61.5 Å².